The molecule has 0 aromatic carbocycles. The number of amides is 1. The summed E-state index contributed by atoms with van der Waals surface area (Å²) in [6.07, 6.45) is 114. The van der Waals surface area contributed by atoms with Crippen LogP contribution in [0.4, 0.5) is 0 Å². The summed E-state index contributed by atoms with van der Waals surface area (Å²) < 4.78 is 0. The van der Waals surface area contributed by atoms with Gasteiger partial charge in [-0.25, -0.2) is 0 Å². The molecule has 0 aliphatic carbocycles. The Balaban J connectivity index is 3.58. The van der Waals surface area contributed by atoms with Crippen LogP contribution in [0.1, 0.15) is 328 Å². The number of aliphatic hydroxyl groups excluding tert-OH is 2. The summed E-state index contributed by atoms with van der Waals surface area (Å²) in [7, 11) is 0. The van der Waals surface area contributed by atoms with E-state index in [0.717, 1.165) is 96.3 Å². The molecule has 0 saturated carbocycles. The molecule has 0 aromatic heterocycles. The standard InChI is InChI=1S/C79H135NO3/c1-3-5-7-9-11-13-15-17-19-21-23-25-27-29-31-33-35-36-37-38-39-40-41-42-43-44-45-47-49-51-53-55-57-59-61-63-65-67-69-71-73-75-79(83)80-77(76-81)78(82)74-72-70-68-66-64-62-60-58-56-54-52-50-48-46-34-32-30-28-26-24-22-20-18-16-14-12-10-8-6-4-2/h5,7,11,13,17,19,23,25,29,31,35-36,38-39,41-42,44-45,56,58,64,66,72,74,77-78,81-82H,3-4,6,8-10,12,14-16,18,20-22,24,26-28,30,32-34,37,40,43,46-55,57,59-63,65,67-71,73,75-76H2,1-2H3,(H,80,83)/b7-5-,13-11-,19-17-,25-23-,31-29-,36-35-,39-38-,42-41-,45-44-,58-56+,66-64+,74-72+. The fourth-order valence-electron chi connectivity index (χ4n) is 10.2. The molecule has 0 fully saturated rings. The van der Waals surface area contributed by atoms with Crippen LogP contribution in [0.2, 0.25) is 0 Å². The zero-order valence-corrected chi connectivity index (χ0v) is 54.7. The molecule has 0 spiro atoms. The summed E-state index contributed by atoms with van der Waals surface area (Å²) in [4.78, 5) is 12.5. The second kappa shape index (κ2) is 72.5. The van der Waals surface area contributed by atoms with Crippen LogP contribution >= 0.6 is 0 Å². The highest BCUT2D eigenvalue weighted by Crippen LogP contribution is 2.17. The van der Waals surface area contributed by atoms with Crippen LogP contribution in [0.3, 0.4) is 0 Å². The molecule has 0 rings (SSSR count). The summed E-state index contributed by atoms with van der Waals surface area (Å²) in [5, 5.41) is 23.3. The topological polar surface area (TPSA) is 69.6 Å². The number of carbonyl (C=O) groups is 1. The minimum absolute atomic E-state index is 0.0816. The number of unbranched alkanes of at least 4 members (excludes halogenated alkanes) is 35. The van der Waals surface area contributed by atoms with Gasteiger partial charge in [-0.3, -0.25) is 4.79 Å². The highest BCUT2D eigenvalue weighted by atomic mass is 16.3. The molecular weight excluding hydrogens is 1010 g/mol. The number of rotatable bonds is 64. The second-order valence-electron chi connectivity index (χ2n) is 23.6. The Kier molecular flexibility index (Phi) is 69.3. The largest absolute Gasteiger partial charge is 0.394 e. The van der Waals surface area contributed by atoms with Crippen molar-refractivity contribution < 1.29 is 15.0 Å². The Labute approximate surface area is 516 Å². The SMILES string of the molecule is CC/C=C\C/C=C\C/C=C\C/C=C\C/C=C\C/C=C\C/C=C\C/C=C\C/C=C\CCCCCCCCCCCCCCCC(=O)NC(CO)C(O)/C=C/CC/C=C/CC/C=C/CCCCCCCCCCCCCCCCCCCCCC. The summed E-state index contributed by atoms with van der Waals surface area (Å²) in [5.41, 5.74) is 0. The Hall–Kier alpha value is -3.73. The molecule has 4 nitrogen and oxygen atoms in total. The lowest BCUT2D eigenvalue weighted by Gasteiger charge is -2.19. The molecule has 0 radical (unpaired) electrons. The molecule has 3 N–H and O–H groups in total. The normalized spacial score (nSPS) is 13.6. The van der Waals surface area contributed by atoms with Gasteiger partial charge < -0.3 is 15.5 Å². The van der Waals surface area contributed by atoms with Crippen LogP contribution in [-0.2, 0) is 4.79 Å². The molecule has 2 unspecified atom stereocenters. The average molecular weight is 1150 g/mol. The second-order valence-corrected chi connectivity index (χ2v) is 23.6. The third kappa shape index (κ3) is 68.9. The van der Waals surface area contributed by atoms with E-state index in [0.29, 0.717) is 6.42 Å². The first kappa shape index (κ1) is 79.3. The van der Waals surface area contributed by atoms with Crippen LogP contribution in [0.25, 0.3) is 0 Å². The van der Waals surface area contributed by atoms with E-state index in [-0.39, 0.29) is 12.5 Å². The molecular formula is C79H135NO3. The van der Waals surface area contributed by atoms with Crippen LogP contribution < -0.4 is 5.32 Å². The number of aliphatic hydroxyl groups is 2. The first-order valence-electron chi connectivity index (χ1n) is 35.5. The van der Waals surface area contributed by atoms with Crippen molar-refractivity contribution in [2.75, 3.05) is 6.61 Å². The van der Waals surface area contributed by atoms with Crippen molar-refractivity contribution in [3.05, 3.63) is 146 Å². The van der Waals surface area contributed by atoms with Crippen molar-refractivity contribution in [1.29, 1.82) is 0 Å². The lowest BCUT2D eigenvalue weighted by atomic mass is 10.0. The molecule has 2 atom stereocenters. The summed E-state index contributed by atoms with van der Waals surface area (Å²) in [6.45, 7) is 4.20. The maximum absolute atomic E-state index is 12.5. The molecule has 4 heteroatoms. The Morgan fingerprint density at radius 1 is 0.301 bits per heavy atom. The van der Waals surface area contributed by atoms with E-state index >= 15 is 0 Å². The first-order valence-corrected chi connectivity index (χ1v) is 35.5. The molecule has 0 aliphatic rings. The maximum atomic E-state index is 12.5. The zero-order chi connectivity index (χ0) is 59.8. The van der Waals surface area contributed by atoms with Gasteiger partial charge in [-0.2, -0.15) is 0 Å². The molecule has 0 saturated heterocycles. The summed E-state index contributed by atoms with van der Waals surface area (Å²) in [6, 6.07) is -0.657. The Morgan fingerprint density at radius 3 is 0.843 bits per heavy atom. The van der Waals surface area contributed by atoms with Crippen molar-refractivity contribution in [3.63, 3.8) is 0 Å². The third-order valence-corrected chi connectivity index (χ3v) is 15.5. The number of hydrogen-bond acceptors (Lipinski definition) is 3. The van der Waals surface area contributed by atoms with Gasteiger partial charge in [0.15, 0.2) is 0 Å². The quantitative estimate of drug-likeness (QED) is 0.0420. The lowest BCUT2D eigenvalue weighted by Crippen LogP contribution is -2.45. The van der Waals surface area contributed by atoms with Crippen molar-refractivity contribution >= 4 is 5.91 Å². The van der Waals surface area contributed by atoms with Gasteiger partial charge in [0, 0.05) is 6.42 Å². The fourth-order valence-corrected chi connectivity index (χ4v) is 10.2. The van der Waals surface area contributed by atoms with Gasteiger partial charge in [-0.15, -0.1) is 0 Å². The average Bonchev–Trinajstić information content (AvgIpc) is 3.51. The number of carbonyl (C=O) groups excluding carboxylic acids is 1. The van der Waals surface area contributed by atoms with E-state index in [9.17, 15) is 15.0 Å². The van der Waals surface area contributed by atoms with Crippen LogP contribution in [0.5, 0.6) is 0 Å². The van der Waals surface area contributed by atoms with Crippen LogP contribution in [-0.4, -0.2) is 34.9 Å². The molecule has 0 aliphatic heterocycles. The first-order chi connectivity index (χ1) is 41.2. The van der Waals surface area contributed by atoms with Gasteiger partial charge >= 0.3 is 0 Å². The maximum Gasteiger partial charge on any atom is 0.220 e. The number of allylic oxidation sites excluding steroid dienone is 23. The van der Waals surface area contributed by atoms with E-state index in [1.807, 2.05) is 6.08 Å². The van der Waals surface area contributed by atoms with Crippen LogP contribution in [0, 0.1) is 0 Å². The van der Waals surface area contributed by atoms with Gasteiger partial charge in [-0.05, 0) is 116 Å². The fraction of sp³-hybridized carbons (Fsp3) is 0.684. The van der Waals surface area contributed by atoms with Crippen LogP contribution in [0.15, 0.2) is 146 Å². The summed E-state index contributed by atoms with van der Waals surface area (Å²) >= 11 is 0. The van der Waals surface area contributed by atoms with Crippen molar-refractivity contribution in [1.82, 2.24) is 5.32 Å². The van der Waals surface area contributed by atoms with E-state index in [1.54, 1.807) is 6.08 Å². The van der Waals surface area contributed by atoms with E-state index in [1.165, 1.54) is 212 Å². The van der Waals surface area contributed by atoms with Crippen molar-refractivity contribution in [2.45, 2.75) is 341 Å². The third-order valence-electron chi connectivity index (χ3n) is 15.5. The molecule has 1 amide bonds. The predicted octanol–water partition coefficient (Wildman–Crippen LogP) is 24.7. The van der Waals surface area contributed by atoms with E-state index in [2.05, 4.69) is 153 Å². The smallest absolute Gasteiger partial charge is 0.220 e. The highest BCUT2D eigenvalue weighted by molar-refractivity contribution is 5.76. The molecule has 0 heterocycles. The number of hydrogen-bond donors (Lipinski definition) is 3. The number of nitrogens with one attached hydrogen (secondary N) is 1. The Morgan fingerprint density at radius 2 is 0.542 bits per heavy atom. The predicted molar refractivity (Wildman–Crippen MR) is 372 cm³/mol. The molecule has 83 heavy (non-hydrogen) atoms. The molecule has 474 valence electrons. The summed E-state index contributed by atoms with van der Waals surface area (Å²) in [5.74, 6) is -0.0816. The van der Waals surface area contributed by atoms with Gasteiger partial charge in [0.1, 0.15) is 0 Å². The van der Waals surface area contributed by atoms with Gasteiger partial charge in [0.05, 0.1) is 18.8 Å². The van der Waals surface area contributed by atoms with Crippen molar-refractivity contribution in [2.24, 2.45) is 0 Å². The monoisotopic (exact) mass is 1150 g/mol. The minimum Gasteiger partial charge on any atom is -0.394 e. The van der Waals surface area contributed by atoms with Gasteiger partial charge in [0.25, 0.3) is 0 Å². The van der Waals surface area contributed by atoms with E-state index in [4.69, 9.17) is 0 Å². The minimum atomic E-state index is -0.881. The van der Waals surface area contributed by atoms with Gasteiger partial charge in [0.2, 0.25) is 5.91 Å². The zero-order valence-electron chi connectivity index (χ0n) is 54.7. The Bertz CT molecular complexity index is 1680. The molecule has 0 bridgehead atoms. The van der Waals surface area contributed by atoms with E-state index < -0.39 is 12.1 Å². The van der Waals surface area contributed by atoms with Gasteiger partial charge in [-0.1, -0.05) is 352 Å². The molecule has 0 aromatic rings. The highest BCUT2D eigenvalue weighted by Gasteiger charge is 2.18. The van der Waals surface area contributed by atoms with Crippen molar-refractivity contribution in [3.8, 4) is 0 Å². The lowest BCUT2D eigenvalue weighted by molar-refractivity contribution is -0.123.